The zero-order chi connectivity index (χ0) is 20.5. The molecule has 0 unspecified atom stereocenters. The van der Waals surface area contributed by atoms with Gasteiger partial charge in [-0.3, -0.25) is 10.1 Å². The van der Waals surface area contributed by atoms with Crippen molar-refractivity contribution in [2.75, 3.05) is 0 Å². The summed E-state index contributed by atoms with van der Waals surface area (Å²) >= 11 is 11.1. The van der Waals surface area contributed by atoms with E-state index in [2.05, 4.69) is 58.0 Å². The van der Waals surface area contributed by atoms with Crippen LogP contribution in [-0.4, -0.2) is 19.9 Å². The van der Waals surface area contributed by atoms with Crippen LogP contribution in [-0.2, 0) is 0 Å². The van der Waals surface area contributed by atoms with E-state index in [4.69, 9.17) is 0 Å². The molecule has 0 saturated heterocycles. The molecule has 0 spiro atoms. The molecule has 4 rings (SSSR count). The zero-order valence-electron chi connectivity index (χ0n) is 14.7. The van der Waals surface area contributed by atoms with Gasteiger partial charge in [-0.15, -0.1) is 25.3 Å². The molecule has 0 fully saturated rings. The minimum Gasteiger partial charge on any atom is -0.258 e. The number of aromatic nitrogens is 4. The van der Waals surface area contributed by atoms with E-state index < -0.39 is 4.92 Å². The molecule has 0 N–H and O–H groups in total. The van der Waals surface area contributed by atoms with Gasteiger partial charge in [-0.1, -0.05) is 0 Å². The van der Waals surface area contributed by atoms with Gasteiger partial charge in [0.25, 0.3) is 5.69 Å². The second kappa shape index (κ2) is 8.13. The molecule has 0 radical (unpaired) electrons. The van der Waals surface area contributed by atoms with Gasteiger partial charge in [0.05, 0.1) is 15.6 Å². The van der Waals surface area contributed by atoms with Gasteiger partial charge >= 0.3 is 5.82 Å². The highest BCUT2D eigenvalue weighted by Gasteiger charge is 2.25. The lowest BCUT2D eigenvalue weighted by molar-refractivity contribution is -0.734. The van der Waals surface area contributed by atoms with Crippen molar-refractivity contribution in [3.63, 3.8) is 0 Å². The number of nitro groups is 1. The average molecular weight is 534 g/mol. The molecule has 7 nitrogen and oxygen atoms in total. The summed E-state index contributed by atoms with van der Waals surface area (Å²) in [6.45, 7) is 0. The summed E-state index contributed by atoms with van der Waals surface area (Å²) < 4.78 is 1.09. The summed E-state index contributed by atoms with van der Waals surface area (Å²) in [6.07, 6.45) is 0. The molecule has 0 aliphatic carbocycles. The number of hydrogen-bond acceptors (Lipinski definition) is 6. The SMILES string of the molecule is O=[N+]([O-])c1ccc(-[n+]2nc(-c3ccc(S)cc3S)nn2-c2ccc(I)cc2)cc1. The fourth-order valence-electron chi connectivity index (χ4n) is 2.72. The number of nitrogens with zero attached hydrogens (tertiary/aromatic N) is 5. The molecule has 144 valence electrons. The monoisotopic (exact) mass is 534 g/mol. The Kier molecular flexibility index (Phi) is 5.56. The van der Waals surface area contributed by atoms with Crippen LogP contribution >= 0.6 is 47.8 Å². The van der Waals surface area contributed by atoms with Gasteiger partial charge in [0.1, 0.15) is 5.69 Å². The predicted octanol–water partition coefficient (Wildman–Crippen LogP) is 4.30. The molecule has 0 atom stereocenters. The molecule has 0 aliphatic heterocycles. The van der Waals surface area contributed by atoms with Gasteiger partial charge in [0.2, 0.25) is 0 Å². The molecular formula is C19H13IN5O2S2+. The molecule has 10 heteroatoms. The molecule has 0 bridgehead atoms. The van der Waals surface area contributed by atoms with Crippen molar-refractivity contribution in [2.24, 2.45) is 0 Å². The van der Waals surface area contributed by atoms with Crippen molar-refractivity contribution >= 4 is 53.5 Å². The Bertz CT molecular complexity index is 1210. The van der Waals surface area contributed by atoms with Crippen LogP contribution in [0, 0.1) is 13.7 Å². The van der Waals surface area contributed by atoms with Crippen LogP contribution in [0.4, 0.5) is 5.69 Å². The van der Waals surface area contributed by atoms with Crippen LogP contribution < -0.4 is 4.80 Å². The Hall–Kier alpha value is -2.44. The van der Waals surface area contributed by atoms with E-state index in [0.29, 0.717) is 16.4 Å². The highest BCUT2D eigenvalue weighted by atomic mass is 127. The Morgan fingerprint density at radius 3 is 2.31 bits per heavy atom. The number of hydrogen-bond donors (Lipinski definition) is 2. The fourth-order valence-corrected chi connectivity index (χ4v) is 3.70. The van der Waals surface area contributed by atoms with E-state index >= 15 is 0 Å². The fraction of sp³-hybridized carbons (Fsp3) is 0. The number of halogens is 1. The molecule has 0 amide bonds. The Morgan fingerprint density at radius 2 is 1.69 bits per heavy atom. The van der Waals surface area contributed by atoms with Crippen LogP contribution in [0.2, 0.25) is 0 Å². The minimum absolute atomic E-state index is 0.0110. The van der Waals surface area contributed by atoms with Gasteiger partial charge in [-0.25, -0.2) is 0 Å². The summed E-state index contributed by atoms with van der Waals surface area (Å²) in [6, 6.07) is 19.5. The third kappa shape index (κ3) is 4.14. The summed E-state index contributed by atoms with van der Waals surface area (Å²) in [5.74, 6) is 0.472. The smallest absolute Gasteiger partial charge is 0.258 e. The van der Waals surface area contributed by atoms with Gasteiger partial charge in [-0.2, -0.15) is 0 Å². The number of thiol groups is 2. The summed E-state index contributed by atoms with van der Waals surface area (Å²) in [7, 11) is 0. The molecule has 1 heterocycles. The largest absolute Gasteiger partial charge is 0.341 e. The maximum atomic E-state index is 11.0. The normalized spacial score (nSPS) is 10.9. The summed E-state index contributed by atoms with van der Waals surface area (Å²) in [5, 5.41) is 20.3. The zero-order valence-corrected chi connectivity index (χ0v) is 18.6. The maximum absolute atomic E-state index is 11.0. The molecule has 0 saturated carbocycles. The van der Waals surface area contributed by atoms with Gasteiger partial charge in [0.15, 0.2) is 5.69 Å². The lowest BCUT2D eigenvalue weighted by Crippen LogP contribution is -2.43. The Labute approximate surface area is 190 Å². The van der Waals surface area contributed by atoms with Crippen LogP contribution in [0.3, 0.4) is 0 Å². The molecule has 3 aromatic carbocycles. The molecule has 1 aromatic heterocycles. The van der Waals surface area contributed by atoms with Crippen molar-refractivity contribution in [2.45, 2.75) is 9.79 Å². The molecular weight excluding hydrogens is 521 g/mol. The lowest BCUT2D eigenvalue weighted by atomic mass is 10.2. The number of benzene rings is 3. The first kappa shape index (κ1) is 19.9. The maximum Gasteiger partial charge on any atom is 0.341 e. The first-order chi connectivity index (χ1) is 13.9. The first-order valence-corrected chi connectivity index (χ1v) is 10.3. The molecule has 4 aromatic rings. The topological polar surface area (TPSA) is 77.7 Å². The predicted molar refractivity (Wildman–Crippen MR) is 122 cm³/mol. The standard InChI is InChI=1S/C19H12IN5O2S2/c20-12-1-3-13(4-2-12)23-21-19(17-10-9-16(28)11-18(17)29)22-24(23)14-5-7-15(8-6-14)25(26)27/h1-11H,(H-,21,22,28,29)/p+1. The van der Waals surface area contributed by atoms with Crippen LogP contribution in [0.15, 0.2) is 76.5 Å². The van der Waals surface area contributed by atoms with E-state index in [1.165, 1.54) is 12.1 Å². The van der Waals surface area contributed by atoms with Crippen molar-refractivity contribution in [3.8, 4) is 22.8 Å². The van der Waals surface area contributed by atoms with Crippen LogP contribution in [0.5, 0.6) is 0 Å². The number of rotatable bonds is 4. The highest BCUT2D eigenvalue weighted by molar-refractivity contribution is 14.1. The summed E-state index contributed by atoms with van der Waals surface area (Å²) in [5.41, 5.74) is 2.21. The van der Waals surface area contributed by atoms with Gasteiger partial charge in [0, 0.05) is 30.3 Å². The average Bonchev–Trinajstić information content (AvgIpc) is 3.13. The van der Waals surface area contributed by atoms with E-state index in [1.807, 2.05) is 42.5 Å². The van der Waals surface area contributed by atoms with Crippen molar-refractivity contribution < 1.29 is 9.72 Å². The van der Waals surface area contributed by atoms with Gasteiger partial charge in [-0.05, 0) is 87.1 Å². The lowest BCUT2D eigenvalue weighted by Gasteiger charge is -2.00. The first-order valence-electron chi connectivity index (χ1n) is 8.35. The van der Waals surface area contributed by atoms with E-state index in [9.17, 15) is 10.1 Å². The van der Waals surface area contributed by atoms with Gasteiger partial charge < -0.3 is 0 Å². The number of tetrazole rings is 1. The van der Waals surface area contributed by atoms with Crippen LogP contribution in [0.1, 0.15) is 0 Å². The number of non-ortho nitro benzene ring substituents is 1. The van der Waals surface area contributed by atoms with Crippen molar-refractivity contribution in [1.29, 1.82) is 0 Å². The Morgan fingerprint density at radius 1 is 1.00 bits per heavy atom. The minimum atomic E-state index is -0.435. The van der Waals surface area contributed by atoms with E-state index in [1.54, 1.807) is 21.7 Å². The van der Waals surface area contributed by atoms with E-state index in [0.717, 1.165) is 19.7 Å². The van der Waals surface area contributed by atoms with Crippen LogP contribution in [0.25, 0.3) is 22.8 Å². The molecule has 29 heavy (non-hydrogen) atoms. The third-order valence-corrected chi connectivity index (χ3v) is 5.50. The highest BCUT2D eigenvalue weighted by Crippen LogP contribution is 2.26. The summed E-state index contributed by atoms with van der Waals surface area (Å²) in [4.78, 5) is 15.3. The number of nitro benzene ring substituents is 1. The quantitative estimate of drug-likeness (QED) is 0.135. The van der Waals surface area contributed by atoms with Crippen molar-refractivity contribution in [3.05, 3.63) is 80.4 Å². The Balaban J connectivity index is 1.89. The van der Waals surface area contributed by atoms with E-state index in [-0.39, 0.29) is 5.69 Å². The second-order valence-corrected chi connectivity index (χ2v) is 8.30. The second-order valence-electron chi connectivity index (χ2n) is 6.05. The third-order valence-electron chi connectivity index (χ3n) is 4.13. The van der Waals surface area contributed by atoms with Crippen molar-refractivity contribution in [1.82, 2.24) is 15.0 Å². The molecule has 0 aliphatic rings.